The van der Waals surface area contributed by atoms with Crippen LogP contribution in [-0.4, -0.2) is 18.0 Å². The van der Waals surface area contributed by atoms with E-state index in [0.717, 1.165) is 28.4 Å². The van der Waals surface area contributed by atoms with Crippen LogP contribution in [0, 0.1) is 12.1 Å². The van der Waals surface area contributed by atoms with Crippen molar-refractivity contribution in [3.8, 4) is 22.5 Å². The van der Waals surface area contributed by atoms with E-state index in [9.17, 15) is 0 Å². The SMILES string of the molecule is C[Si](C)(C)c1cccc2sc3c(-c4cc(C5CC5)ccn4)[c-]ccc3c12.[Ir].[c-]1ccccc1-c1ccccn1. The van der Waals surface area contributed by atoms with Gasteiger partial charge in [-0.25, -0.2) is 0 Å². The number of nitrogens with zero attached hydrogens (tertiary/aromatic N) is 2. The second-order valence-electron chi connectivity index (χ2n) is 10.9. The van der Waals surface area contributed by atoms with E-state index in [1.165, 1.54) is 38.6 Å². The molecule has 1 aliphatic rings. The van der Waals surface area contributed by atoms with Crippen molar-refractivity contribution in [2.24, 2.45) is 0 Å². The molecule has 0 bridgehead atoms. The maximum Gasteiger partial charge on any atom is 0.0783 e. The molecule has 3 heterocycles. The Kier molecular flexibility index (Phi) is 8.25. The zero-order valence-corrected chi connectivity index (χ0v) is 26.6. The summed E-state index contributed by atoms with van der Waals surface area (Å²) in [7, 11) is -1.41. The van der Waals surface area contributed by atoms with E-state index < -0.39 is 8.07 Å². The molecule has 0 N–H and O–H groups in total. The summed E-state index contributed by atoms with van der Waals surface area (Å²) in [6, 6.07) is 35.9. The van der Waals surface area contributed by atoms with Crippen LogP contribution in [0.15, 0.2) is 97.3 Å². The molecule has 3 aromatic heterocycles. The van der Waals surface area contributed by atoms with Gasteiger partial charge >= 0.3 is 0 Å². The van der Waals surface area contributed by atoms with Crippen LogP contribution in [0.25, 0.3) is 42.7 Å². The van der Waals surface area contributed by atoms with Gasteiger partial charge in [-0.15, -0.1) is 59.7 Å². The van der Waals surface area contributed by atoms with Gasteiger partial charge in [-0.3, -0.25) is 0 Å². The number of aromatic nitrogens is 2. The second kappa shape index (κ2) is 11.7. The van der Waals surface area contributed by atoms with Crippen LogP contribution < -0.4 is 5.19 Å². The molecule has 2 nitrogen and oxygen atoms in total. The molecule has 1 aliphatic carbocycles. The normalized spacial score (nSPS) is 13.0. The Bertz CT molecular complexity index is 1670. The second-order valence-corrected chi connectivity index (χ2v) is 17.0. The average Bonchev–Trinajstić information content (AvgIpc) is 3.74. The van der Waals surface area contributed by atoms with E-state index in [4.69, 9.17) is 4.98 Å². The molecule has 197 valence electrons. The number of rotatable bonds is 4. The molecule has 7 rings (SSSR count). The van der Waals surface area contributed by atoms with Crippen LogP contribution in [0.5, 0.6) is 0 Å². The quantitative estimate of drug-likeness (QED) is 0.135. The van der Waals surface area contributed by atoms with Crippen LogP contribution >= 0.6 is 11.3 Å². The minimum Gasteiger partial charge on any atom is -0.305 e. The molecule has 1 radical (unpaired) electrons. The fourth-order valence-electron chi connectivity index (χ4n) is 4.94. The monoisotopic (exact) mass is 719 g/mol. The standard InChI is InChI=1S/C23H22NSSi.C11H8N.Ir/c1-26(2,3)21-9-5-8-20-22(21)18-7-4-6-17(23(18)25-20)19-14-16(12-13-24-19)15-10-11-15;1-2-6-10(7-3-1)11-8-4-5-9-12-11;/h4-5,7-9,12-15H,10-11H2,1-3H3;1-6,8-9H;/q2*-1;. The molecule has 6 aromatic rings. The maximum absolute atomic E-state index is 4.70. The Hall–Kier alpha value is -2.95. The Morgan fingerprint density at radius 1 is 0.795 bits per heavy atom. The number of hydrogen-bond acceptors (Lipinski definition) is 3. The van der Waals surface area contributed by atoms with Gasteiger partial charge < -0.3 is 9.97 Å². The molecule has 0 atom stereocenters. The smallest absolute Gasteiger partial charge is 0.0783 e. The van der Waals surface area contributed by atoms with Crippen molar-refractivity contribution in [1.29, 1.82) is 0 Å². The van der Waals surface area contributed by atoms with Gasteiger partial charge in [-0.1, -0.05) is 66.1 Å². The molecular formula is C34H30IrN2SSi-2. The summed E-state index contributed by atoms with van der Waals surface area (Å²) in [5, 5.41) is 4.38. The van der Waals surface area contributed by atoms with Crippen LogP contribution in [0.2, 0.25) is 19.6 Å². The minimum absolute atomic E-state index is 0. The molecule has 0 aliphatic heterocycles. The number of fused-ring (bicyclic) bond motifs is 3. The van der Waals surface area contributed by atoms with Gasteiger partial charge in [0.05, 0.1) is 8.07 Å². The number of thiophene rings is 1. The van der Waals surface area contributed by atoms with Gasteiger partial charge in [-0.05, 0) is 58.4 Å². The Morgan fingerprint density at radius 2 is 1.62 bits per heavy atom. The van der Waals surface area contributed by atoms with Crippen LogP contribution in [0.1, 0.15) is 24.3 Å². The van der Waals surface area contributed by atoms with Crippen LogP contribution in [0.3, 0.4) is 0 Å². The fraction of sp³-hybridized carbons (Fsp3) is 0.176. The van der Waals surface area contributed by atoms with E-state index >= 15 is 0 Å². The third-order valence-electron chi connectivity index (χ3n) is 7.00. The predicted octanol–water partition coefficient (Wildman–Crippen LogP) is 8.89. The van der Waals surface area contributed by atoms with Crippen molar-refractivity contribution in [3.05, 3.63) is 115 Å². The number of hydrogen-bond donors (Lipinski definition) is 0. The molecule has 39 heavy (non-hydrogen) atoms. The molecule has 5 heteroatoms. The van der Waals surface area contributed by atoms with Crippen LogP contribution in [-0.2, 0) is 20.1 Å². The van der Waals surface area contributed by atoms with Crippen molar-refractivity contribution in [3.63, 3.8) is 0 Å². The summed E-state index contributed by atoms with van der Waals surface area (Å²) in [6.07, 6.45) is 6.40. The van der Waals surface area contributed by atoms with Gasteiger partial charge in [0.25, 0.3) is 0 Å². The molecule has 3 aromatic carbocycles. The maximum atomic E-state index is 4.70. The van der Waals surface area contributed by atoms with Crippen molar-refractivity contribution >= 4 is 44.8 Å². The van der Waals surface area contributed by atoms with Crippen molar-refractivity contribution in [2.75, 3.05) is 0 Å². The van der Waals surface area contributed by atoms with Gasteiger partial charge in [0.15, 0.2) is 0 Å². The average molecular weight is 719 g/mol. The third-order valence-corrected chi connectivity index (χ3v) is 10.2. The first-order valence-electron chi connectivity index (χ1n) is 13.2. The summed E-state index contributed by atoms with van der Waals surface area (Å²) in [4.78, 5) is 8.91. The Labute approximate surface area is 249 Å². The summed E-state index contributed by atoms with van der Waals surface area (Å²) in [6.45, 7) is 7.30. The van der Waals surface area contributed by atoms with E-state index in [0.29, 0.717) is 0 Å². The van der Waals surface area contributed by atoms with E-state index in [-0.39, 0.29) is 20.1 Å². The summed E-state index contributed by atoms with van der Waals surface area (Å²) < 4.78 is 2.72. The first-order valence-corrected chi connectivity index (χ1v) is 17.5. The summed E-state index contributed by atoms with van der Waals surface area (Å²) in [5.41, 5.74) is 5.68. The third kappa shape index (κ3) is 5.97. The zero-order chi connectivity index (χ0) is 26.1. The minimum atomic E-state index is -1.41. The molecule has 0 saturated heterocycles. The predicted molar refractivity (Wildman–Crippen MR) is 165 cm³/mol. The van der Waals surface area contributed by atoms with Gasteiger partial charge in [0, 0.05) is 37.2 Å². The summed E-state index contributed by atoms with van der Waals surface area (Å²) in [5.74, 6) is 0.747. The molecule has 0 unspecified atom stereocenters. The van der Waals surface area contributed by atoms with E-state index in [2.05, 4.69) is 79.2 Å². The van der Waals surface area contributed by atoms with Crippen molar-refractivity contribution in [1.82, 2.24) is 9.97 Å². The number of pyridine rings is 2. The number of benzene rings is 3. The van der Waals surface area contributed by atoms with Gasteiger partial charge in [-0.2, -0.15) is 11.3 Å². The summed E-state index contributed by atoms with van der Waals surface area (Å²) >= 11 is 1.89. The molecule has 0 spiro atoms. The van der Waals surface area contributed by atoms with Crippen molar-refractivity contribution in [2.45, 2.75) is 38.4 Å². The Balaban J connectivity index is 0.000000200. The molecule has 1 saturated carbocycles. The van der Waals surface area contributed by atoms with Crippen LogP contribution in [0.4, 0.5) is 0 Å². The van der Waals surface area contributed by atoms with E-state index in [1.54, 1.807) is 11.4 Å². The Morgan fingerprint density at radius 3 is 2.33 bits per heavy atom. The van der Waals surface area contributed by atoms with Gasteiger partial charge in [0.1, 0.15) is 0 Å². The van der Waals surface area contributed by atoms with Gasteiger partial charge in [0.2, 0.25) is 0 Å². The van der Waals surface area contributed by atoms with Crippen molar-refractivity contribution < 1.29 is 20.1 Å². The molecular weight excluding hydrogens is 689 g/mol. The topological polar surface area (TPSA) is 25.8 Å². The molecule has 0 amide bonds. The first-order chi connectivity index (χ1) is 18.5. The first kappa shape index (κ1) is 27.6. The zero-order valence-electron chi connectivity index (χ0n) is 22.4. The molecule has 1 fully saturated rings. The fourth-order valence-corrected chi connectivity index (χ4v) is 7.88. The van der Waals surface area contributed by atoms with E-state index in [1.807, 2.05) is 60.0 Å². The largest absolute Gasteiger partial charge is 0.305 e.